The zero-order chi connectivity index (χ0) is 15.9. The molecular weight excluding hydrogens is 268 g/mol. The van der Waals surface area contributed by atoms with Gasteiger partial charge in [0.25, 0.3) is 0 Å². The fraction of sp³-hybridized carbons (Fsp3) is 0.875. The quantitative estimate of drug-likeness (QED) is 0.722. The molecule has 1 rings (SSSR count). The fourth-order valence-electron chi connectivity index (χ4n) is 3.39. The molecule has 5 nitrogen and oxygen atoms in total. The summed E-state index contributed by atoms with van der Waals surface area (Å²) >= 11 is 0. The third-order valence-corrected chi connectivity index (χ3v) is 4.58. The molecule has 0 aromatic rings. The van der Waals surface area contributed by atoms with Gasteiger partial charge in [0.05, 0.1) is 13.0 Å². The number of carboxylic acid groups (broad SMARTS) is 1. The Morgan fingerprint density at radius 3 is 2.43 bits per heavy atom. The Morgan fingerprint density at radius 2 is 1.90 bits per heavy atom. The monoisotopic (exact) mass is 298 g/mol. The molecule has 0 radical (unpaired) electrons. The van der Waals surface area contributed by atoms with Crippen molar-refractivity contribution in [3.63, 3.8) is 0 Å². The topological polar surface area (TPSA) is 69.6 Å². The Balaban J connectivity index is 2.61. The molecule has 1 aliphatic carbocycles. The van der Waals surface area contributed by atoms with E-state index < -0.39 is 5.97 Å². The number of nitrogens with zero attached hydrogens (tertiary/aromatic N) is 1. The van der Waals surface area contributed by atoms with Crippen LogP contribution in [0.3, 0.4) is 0 Å². The van der Waals surface area contributed by atoms with Crippen molar-refractivity contribution in [3.8, 4) is 0 Å². The summed E-state index contributed by atoms with van der Waals surface area (Å²) in [6, 6.07) is 0.178. The van der Waals surface area contributed by atoms with E-state index in [0.29, 0.717) is 0 Å². The predicted molar refractivity (Wildman–Crippen MR) is 83.2 cm³/mol. The molecule has 2 N–H and O–H groups in total. The van der Waals surface area contributed by atoms with E-state index in [1.807, 2.05) is 18.9 Å². The Hall–Kier alpha value is -1.10. The molecule has 0 bridgehead atoms. The zero-order valence-electron chi connectivity index (χ0n) is 13.7. The van der Waals surface area contributed by atoms with Gasteiger partial charge in [-0.2, -0.15) is 0 Å². The van der Waals surface area contributed by atoms with E-state index in [0.717, 1.165) is 44.9 Å². The maximum atomic E-state index is 12.1. The first kappa shape index (κ1) is 18.0. The van der Waals surface area contributed by atoms with Crippen molar-refractivity contribution >= 4 is 11.9 Å². The van der Waals surface area contributed by atoms with Crippen LogP contribution in [0.15, 0.2) is 0 Å². The second-order valence-corrected chi connectivity index (χ2v) is 6.47. The standard InChI is InChI=1S/C16H30N2O3/c1-4-8-13(2)17-14(19)12-18(3)16(11-15(20)21)9-6-5-7-10-16/h13H,4-12H2,1-3H3,(H,17,19)(H,20,21). The molecule has 0 aliphatic heterocycles. The molecule has 1 amide bonds. The highest BCUT2D eigenvalue weighted by Crippen LogP contribution is 2.35. The number of hydrogen-bond donors (Lipinski definition) is 2. The average molecular weight is 298 g/mol. The van der Waals surface area contributed by atoms with Crippen LogP contribution >= 0.6 is 0 Å². The van der Waals surface area contributed by atoms with E-state index in [-0.39, 0.29) is 30.5 Å². The molecule has 1 aliphatic rings. The van der Waals surface area contributed by atoms with Crippen LogP contribution in [0.25, 0.3) is 0 Å². The first-order valence-corrected chi connectivity index (χ1v) is 8.12. The van der Waals surface area contributed by atoms with Crippen LogP contribution in [-0.2, 0) is 9.59 Å². The third kappa shape index (κ3) is 5.65. The fourth-order valence-corrected chi connectivity index (χ4v) is 3.39. The van der Waals surface area contributed by atoms with Gasteiger partial charge in [-0.25, -0.2) is 0 Å². The second-order valence-electron chi connectivity index (χ2n) is 6.47. The van der Waals surface area contributed by atoms with Gasteiger partial charge in [-0.1, -0.05) is 32.6 Å². The summed E-state index contributed by atoms with van der Waals surface area (Å²) in [5, 5.41) is 12.2. The molecule has 0 saturated heterocycles. The van der Waals surface area contributed by atoms with Crippen LogP contribution in [0.5, 0.6) is 0 Å². The van der Waals surface area contributed by atoms with Crippen molar-refractivity contribution in [1.29, 1.82) is 0 Å². The number of rotatable bonds is 8. The minimum absolute atomic E-state index is 0.00575. The maximum Gasteiger partial charge on any atom is 0.305 e. The number of hydrogen-bond acceptors (Lipinski definition) is 3. The number of carboxylic acids is 1. The van der Waals surface area contributed by atoms with Gasteiger partial charge in [0.15, 0.2) is 0 Å². The number of aliphatic carboxylic acids is 1. The van der Waals surface area contributed by atoms with E-state index in [1.54, 1.807) is 0 Å². The number of carbonyl (C=O) groups is 2. The summed E-state index contributed by atoms with van der Waals surface area (Å²) < 4.78 is 0. The first-order chi connectivity index (χ1) is 9.89. The Morgan fingerprint density at radius 1 is 1.29 bits per heavy atom. The van der Waals surface area contributed by atoms with Gasteiger partial charge in [-0.05, 0) is 33.2 Å². The van der Waals surface area contributed by atoms with Crippen LogP contribution in [0.1, 0.15) is 65.2 Å². The van der Waals surface area contributed by atoms with Gasteiger partial charge < -0.3 is 10.4 Å². The Bertz CT molecular complexity index is 351. The summed E-state index contributed by atoms with van der Waals surface area (Å²) in [6.45, 7) is 4.38. The molecule has 1 fully saturated rings. The van der Waals surface area contributed by atoms with Crippen LogP contribution in [0.4, 0.5) is 0 Å². The SMILES string of the molecule is CCCC(C)NC(=O)CN(C)C1(CC(=O)O)CCCCC1. The number of nitrogens with one attached hydrogen (secondary N) is 1. The normalized spacial score (nSPS) is 19.2. The van der Waals surface area contributed by atoms with Crippen LogP contribution in [0.2, 0.25) is 0 Å². The van der Waals surface area contributed by atoms with Crippen molar-refractivity contribution < 1.29 is 14.7 Å². The lowest BCUT2D eigenvalue weighted by molar-refractivity contribution is -0.142. The van der Waals surface area contributed by atoms with E-state index >= 15 is 0 Å². The third-order valence-electron chi connectivity index (χ3n) is 4.58. The van der Waals surface area contributed by atoms with E-state index in [1.165, 1.54) is 0 Å². The maximum absolute atomic E-state index is 12.1. The average Bonchev–Trinajstić information content (AvgIpc) is 2.38. The molecule has 1 unspecified atom stereocenters. The summed E-state index contributed by atoms with van der Waals surface area (Å²) in [4.78, 5) is 25.3. The summed E-state index contributed by atoms with van der Waals surface area (Å²) in [5.74, 6) is -0.780. The summed E-state index contributed by atoms with van der Waals surface area (Å²) in [7, 11) is 1.89. The minimum atomic E-state index is -0.775. The van der Waals surface area contributed by atoms with Crippen molar-refractivity contribution in [2.45, 2.75) is 76.8 Å². The molecule has 0 aromatic heterocycles. The van der Waals surface area contributed by atoms with Crippen molar-refractivity contribution in [2.75, 3.05) is 13.6 Å². The van der Waals surface area contributed by atoms with Gasteiger partial charge in [-0.15, -0.1) is 0 Å². The Labute approximate surface area is 128 Å². The van der Waals surface area contributed by atoms with Crippen molar-refractivity contribution in [3.05, 3.63) is 0 Å². The lowest BCUT2D eigenvalue weighted by atomic mass is 9.78. The van der Waals surface area contributed by atoms with Gasteiger partial charge in [-0.3, -0.25) is 14.5 Å². The molecule has 1 saturated carbocycles. The second kappa shape index (κ2) is 8.37. The van der Waals surface area contributed by atoms with Crippen LogP contribution in [0, 0.1) is 0 Å². The molecular formula is C16H30N2O3. The number of amides is 1. The van der Waals surface area contributed by atoms with Crippen LogP contribution in [-0.4, -0.2) is 47.1 Å². The summed E-state index contributed by atoms with van der Waals surface area (Å²) in [6.07, 6.45) is 7.13. The van der Waals surface area contributed by atoms with Gasteiger partial charge in [0, 0.05) is 11.6 Å². The minimum Gasteiger partial charge on any atom is -0.481 e. The van der Waals surface area contributed by atoms with Gasteiger partial charge >= 0.3 is 5.97 Å². The van der Waals surface area contributed by atoms with Crippen molar-refractivity contribution in [2.24, 2.45) is 0 Å². The molecule has 0 spiro atoms. The number of likely N-dealkylation sites (N-methyl/N-ethyl adjacent to an activating group) is 1. The lowest BCUT2D eigenvalue weighted by Crippen LogP contribution is -2.53. The zero-order valence-corrected chi connectivity index (χ0v) is 13.7. The number of carbonyl (C=O) groups excluding carboxylic acids is 1. The smallest absolute Gasteiger partial charge is 0.305 e. The van der Waals surface area contributed by atoms with E-state index in [9.17, 15) is 14.7 Å². The molecule has 1 atom stereocenters. The van der Waals surface area contributed by atoms with Crippen LogP contribution < -0.4 is 5.32 Å². The molecule has 0 heterocycles. The van der Waals surface area contributed by atoms with Gasteiger partial charge in [0.2, 0.25) is 5.91 Å². The Kier molecular flexibility index (Phi) is 7.15. The molecule has 5 heteroatoms. The highest BCUT2D eigenvalue weighted by molar-refractivity contribution is 5.78. The summed E-state index contributed by atoms with van der Waals surface area (Å²) in [5.41, 5.74) is -0.352. The largest absolute Gasteiger partial charge is 0.481 e. The first-order valence-electron chi connectivity index (χ1n) is 8.12. The van der Waals surface area contributed by atoms with E-state index in [2.05, 4.69) is 12.2 Å². The predicted octanol–water partition coefficient (Wildman–Crippen LogP) is 2.40. The highest BCUT2D eigenvalue weighted by Gasteiger charge is 2.38. The molecule has 21 heavy (non-hydrogen) atoms. The van der Waals surface area contributed by atoms with Gasteiger partial charge in [0.1, 0.15) is 0 Å². The lowest BCUT2D eigenvalue weighted by Gasteiger charge is -2.43. The molecule has 0 aromatic carbocycles. The van der Waals surface area contributed by atoms with Crippen molar-refractivity contribution in [1.82, 2.24) is 10.2 Å². The molecule has 122 valence electrons. The van der Waals surface area contributed by atoms with E-state index in [4.69, 9.17) is 0 Å². The highest BCUT2D eigenvalue weighted by atomic mass is 16.4.